The minimum Gasteiger partial charge on any atom is -0.472 e. The Bertz CT molecular complexity index is 600. The van der Waals surface area contributed by atoms with Gasteiger partial charge in [0.25, 0.3) is 0 Å². The van der Waals surface area contributed by atoms with Crippen molar-refractivity contribution >= 4 is 11.8 Å². The smallest absolute Gasteiger partial charge is 0.412 e. The van der Waals surface area contributed by atoms with Gasteiger partial charge in [0.05, 0.1) is 18.2 Å². The molecule has 1 aromatic carbocycles. The highest BCUT2D eigenvalue weighted by Crippen LogP contribution is 2.37. The Morgan fingerprint density at radius 2 is 2.00 bits per heavy atom. The number of hydrogen-bond acceptors (Lipinski definition) is 3. The molecule has 2 aromatic rings. The van der Waals surface area contributed by atoms with Crippen molar-refractivity contribution in [3.63, 3.8) is 0 Å². The number of cyclic esters (lactones) is 1. The average molecular weight is 243 g/mol. The molecule has 0 unspecified atom stereocenters. The molecule has 0 saturated carbocycles. The molecule has 4 nitrogen and oxygen atoms in total. The van der Waals surface area contributed by atoms with Gasteiger partial charge in [-0.3, -0.25) is 5.32 Å². The lowest BCUT2D eigenvalue weighted by molar-refractivity contribution is 0.0421. The number of benzene rings is 1. The van der Waals surface area contributed by atoms with Crippen LogP contribution in [0.4, 0.5) is 10.5 Å². The molecule has 1 aliphatic rings. The zero-order valence-electron chi connectivity index (χ0n) is 10.2. The van der Waals surface area contributed by atoms with E-state index in [2.05, 4.69) is 5.32 Å². The number of ether oxygens (including phenoxy) is 1. The number of furan rings is 1. The standard InChI is InChI=1S/C14H13NO3/c1-14(2)11-7-9(10-5-6-17-8-10)3-4-12(11)15-13(16)18-14/h3-8H,1-2H3,(H,15,16). The average Bonchev–Trinajstić information content (AvgIpc) is 2.81. The Hall–Kier alpha value is -2.23. The van der Waals surface area contributed by atoms with Crippen LogP contribution in [0.3, 0.4) is 0 Å². The summed E-state index contributed by atoms with van der Waals surface area (Å²) in [6, 6.07) is 7.75. The molecule has 1 aromatic heterocycles. The SMILES string of the molecule is CC1(C)OC(=O)Nc2ccc(-c3ccoc3)cc21. The van der Waals surface area contributed by atoms with Crippen LogP contribution in [0.5, 0.6) is 0 Å². The zero-order valence-corrected chi connectivity index (χ0v) is 10.2. The molecule has 0 saturated heterocycles. The van der Waals surface area contributed by atoms with Crippen molar-refractivity contribution in [2.24, 2.45) is 0 Å². The quantitative estimate of drug-likeness (QED) is 0.829. The molecule has 0 fully saturated rings. The second-order valence-corrected chi connectivity index (χ2v) is 4.80. The van der Waals surface area contributed by atoms with E-state index in [0.717, 1.165) is 22.4 Å². The van der Waals surface area contributed by atoms with Crippen LogP contribution in [0.2, 0.25) is 0 Å². The third kappa shape index (κ3) is 1.66. The van der Waals surface area contributed by atoms with E-state index < -0.39 is 11.7 Å². The van der Waals surface area contributed by atoms with E-state index in [1.54, 1.807) is 12.5 Å². The molecule has 1 amide bonds. The van der Waals surface area contributed by atoms with E-state index in [4.69, 9.17) is 9.15 Å². The van der Waals surface area contributed by atoms with E-state index in [0.29, 0.717) is 0 Å². The number of fused-ring (bicyclic) bond motifs is 1. The number of nitrogens with one attached hydrogen (secondary N) is 1. The molecule has 0 atom stereocenters. The van der Waals surface area contributed by atoms with Gasteiger partial charge in [-0.05, 0) is 37.6 Å². The molecule has 0 radical (unpaired) electrons. The largest absolute Gasteiger partial charge is 0.472 e. The monoisotopic (exact) mass is 243 g/mol. The van der Waals surface area contributed by atoms with Gasteiger partial charge in [0.2, 0.25) is 0 Å². The maximum Gasteiger partial charge on any atom is 0.412 e. The van der Waals surface area contributed by atoms with Gasteiger partial charge in [-0.1, -0.05) is 6.07 Å². The highest BCUT2D eigenvalue weighted by Gasteiger charge is 2.33. The van der Waals surface area contributed by atoms with E-state index >= 15 is 0 Å². The van der Waals surface area contributed by atoms with Crippen LogP contribution in [0.1, 0.15) is 19.4 Å². The first kappa shape index (κ1) is 10.9. The summed E-state index contributed by atoms with van der Waals surface area (Å²) in [5.41, 5.74) is 3.17. The molecule has 1 aliphatic heterocycles. The van der Waals surface area contributed by atoms with Crippen LogP contribution in [-0.4, -0.2) is 6.09 Å². The summed E-state index contributed by atoms with van der Waals surface area (Å²) in [6.07, 6.45) is 2.92. The van der Waals surface area contributed by atoms with Crippen LogP contribution in [-0.2, 0) is 10.3 Å². The van der Waals surface area contributed by atoms with Crippen molar-refractivity contribution in [2.45, 2.75) is 19.4 Å². The highest BCUT2D eigenvalue weighted by molar-refractivity contribution is 5.89. The maximum atomic E-state index is 11.4. The van der Waals surface area contributed by atoms with Crippen LogP contribution in [0.25, 0.3) is 11.1 Å². The number of anilines is 1. The van der Waals surface area contributed by atoms with E-state index in [9.17, 15) is 4.79 Å². The molecule has 0 bridgehead atoms. The molecule has 2 heterocycles. The van der Waals surface area contributed by atoms with Crippen molar-refractivity contribution in [2.75, 3.05) is 5.32 Å². The molecular formula is C14H13NO3. The molecule has 1 N–H and O–H groups in total. The Morgan fingerprint density at radius 1 is 1.17 bits per heavy atom. The molecule has 4 heteroatoms. The van der Waals surface area contributed by atoms with Gasteiger partial charge < -0.3 is 9.15 Å². The Morgan fingerprint density at radius 3 is 2.72 bits per heavy atom. The summed E-state index contributed by atoms with van der Waals surface area (Å²) in [5.74, 6) is 0. The lowest BCUT2D eigenvalue weighted by atomic mass is 9.92. The fourth-order valence-electron chi connectivity index (χ4n) is 2.18. The van der Waals surface area contributed by atoms with Gasteiger partial charge in [0.15, 0.2) is 0 Å². The van der Waals surface area contributed by atoms with Crippen molar-refractivity contribution in [3.8, 4) is 11.1 Å². The number of amides is 1. The number of carbonyl (C=O) groups is 1. The molecule has 92 valence electrons. The maximum absolute atomic E-state index is 11.4. The second-order valence-electron chi connectivity index (χ2n) is 4.80. The van der Waals surface area contributed by atoms with Gasteiger partial charge in [0.1, 0.15) is 5.60 Å². The molecule has 18 heavy (non-hydrogen) atoms. The summed E-state index contributed by atoms with van der Waals surface area (Å²) in [5, 5.41) is 2.70. The van der Waals surface area contributed by atoms with E-state index in [-0.39, 0.29) is 0 Å². The van der Waals surface area contributed by atoms with Gasteiger partial charge in [-0.25, -0.2) is 4.79 Å². The van der Waals surface area contributed by atoms with Crippen LogP contribution in [0, 0.1) is 0 Å². The molecule has 3 rings (SSSR count). The van der Waals surface area contributed by atoms with Crippen molar-refractivity contribution < 1.29 is 13.9 Å². The molecule has 0 aliphatic carbocycles. The van der Waals surface area contributed by atoms with Gasteiger partial charge >= 0.3 is 6.09 Å². The topological polar surface area (TPSA) is 51.5 Å². The fraction of sp³-hybridized carbons (Fsp3) is 0.214. The third-order valence-electron chi connectivity index (χ3n) is 3.11. The Kier molecular flexibility index (Phi) is 2.20. The summed E-state index contributed by atoms with van der Waals surface area (Å²) < 4.78 is 10.4. The Balaban J connectivity index is 2.13. The summed E-state index contributed by atoms with van der Waals surface area (Å²) in [6.45, 7) is 3.76. The number of hydrogen-bond donors (Lipinski definition) is 1. The summed E-state index contributed by atoms with van der Waals surface area (Å²) >= 11 is 0. The first-order valence-electron chi connectivity index (χ1n) is 5.73. The normalized spacial score (nSPS) is 16.7. The summed E-state index contributed by atoms with van der Waals surface area (Å²) in [7, 11) is 0. The lowest BCUT2D eigenvalue weighted by Gasteiger charge is -2.32. The predicted octanol–water partition coefficient (Wildman–Crippen LogP) is 3.74. The minimum absolute atomic E-state index is 0.413. The van der Waals surface area contributed by atoms with Crippen LogP contribution >= 0.6 is 0 Å². The highest BCUT2D eigenvalue weighted by atomic mass is 16.6. The van der Waals surface area contributed by atoms with Crippen LogP contribution < -0.4 is 5.32 Å². The van der Waals surface area contributed by atoms with Crippen molar-refractivity contribution in [3.05, 3.63) is 42.4 Å². The fourth-order valence-corrected chi connectivity index (χ4v) is 2.18. The van der Waals surface area contributed by atoms with Gasteiger partial charge in [0, 0.05) is 11.1 Å². The predicted molar refractivity (Wildman–Crippen MR) is 67.3 cm³/mol. The molecule has 0 spiro atoms. The van der Waals surface area contributed by atoms with E-state index in [1.807, 2.05) is 38.1 Å². The summed E-state index contributed by atoms with van der Waals surface area (Å²) in [4.78, 5) is 11.4. The van der Waals surface area contributed by atoms with E-state index in [1.165, 1.54) is 0 Å². The van der Waals surface area contributed by atoms with Crippen molar-refractivity contribution in [1.82, 2.24) is 0 Å². The Labute approximate surface area is 105 Å². The van der Waals surface area contributed by atoms with Gasteiger partial charge in [-0.2, -0.15) is 0 Å². The lowest BCUT2D eigenvalue weighted by Crippen LogP contribution is -2.34. The van der Waals surface area contributed by atoms with Gasteiger partial charge in [-0.15, -0.1) is 0 Å². The minimum atomic E-state index is -0.628. The molecular weight excluding hydrogens is 230 g/mol. The van der Waals surface area contributed by atoms with Crippen LogP contribution in [0.15, 0.2) is 41.2 Å². The zero-order chi connectivity index (χ0) is 12.8. The first-order chi connectivity index (χ1) is 8.56. The third-order valence-corrected chi connectivity index (χ3v) is 3.11. The first-order valence-corrected chi connectivity index (χ1v) is 5.73. The number of carbonyl (C=O) groups excluding carboxylic acids is 1. The second kappa shape index (κ2) is 3.63. The number of rotatable bonds is 1. The van der Waals surface area contributed by atoms with Crippen molar-refractivity contribution in [1.29, 1.82) is 0 Å².